The number of nitrogens with zero attached hydrogens (tertiary/aromatic N) is 4. The van der Waals surface area contributed by atoms with Crippen LogP contribution in [0.15, 0.2) is 24.4 Å². The van der Waals surface area contributed by atoms with Crippen LogP contribution in [0.5, 0.6) is 0 Å². The van der Waals surface area contributed by atoms with E-state index in [9.17, 15) is 4.79 Å². The highest BCUT2D eigenvalue weighted by molar-refractivity contribution is 7.15. The van der Waals surface area contributed by atoms with Crippen molar-refractivity contribution < 1.29 is 4.79 Å². The first-order valence-corrected chi connectivity index (χ1v) is 11.5. The second-order valence-corrected chi connectivity index (χ2v) is 9.92. The minimum atomic E-state index is 0.108. The van der Waals surface area contributed by atoms with E-state index >= 15 is 0 Å². The average molecular weight is 411 g/mol. The van der Waals surface area contributed by atoms with E-state index in [4.69, 9.17) is 4.98 Å². The highest BCUT2D eigenvalue weighted by atomic mass is 32.1. The van der Waals surface area contributed by atoms with Crippen molar-refractivity contribution in [2.75, 3.05) is 0 Å². The van der Waals surface area contributed by atoms with Gasteiger partial charge in [-0.15, -0.1) is 11.3 Å². The summed E-state index contributed by atoms with van der Waals surface area (Å²) in [7, 11) is 0. The molecule has 0 aliphatic heterocycles. The largest absolute Gasteiger partial charge is 0.333 e. The fourth-order valence-corrected chi connectivity index (χ4v) is 5.24. The van der Waals surface area contributed by atoms with Gasteiger partial charge in [0, 0.05) is 23.0 Å². The summed E-state index contributed by atoms with van der Waals surface area (Å²) in [4.78, 5) is 23.2. The van der Waals surface area contributed by atoms with Gasteiger partial charge < -0.3 is 4.90 Å². The Bertz CT molecular complexity index is 1030. The van der Waals surface area contributed by atoms with Crippen molar-refractivity contribution in [2.45, 2.75) is 78.4 Å². The Kier molecular flexibility index (Phi) is 5.47. The molecular formula is C23H30N4OS. The van der Waals surface area contributed by atoms with Crippen LogP contribution in [-0.4, -0.2) is 37.7 Å². The van der Waals surface area contributed by atoms with Gasteiger partial charge in [-0.2, -0.15) is 5.10 Å². The summed E-state index contributed by atoms with van der Waals surface area (Å²) < 4.78 is 1.92. The van der Waals surface area contributed by atoms with Crippen molar-refractivity contribution in [2.24, 2.45) is 0 Å². The highest BCUT2D eigenvalue weighted by Gasteiger charge is 2.31. The number of carbonyl (C=O) groups is 1. The number of thiophene rings is 1. The van der Waals surface area contributed by atoms with E-state index in [1.165, 1.54) is 17.7 Å². The number of hydrogen-bond donors (Lipinski definition) is 0. The molecule has 1 saturated carbocycles. The van der Waals surface area contributed by atoms with Gasteiger partial charge in [-0.05, 0) is 65.7 Å². The van der Waals surface area contributed by atoms with E-state index in [2.05, 4.69) is 56.8 Å². The van der Waals surface area contributed by atoms with Gasteiger partial charge in [0.15, 0.2) is 5.65 Å². The monoisotopic (exact) mass is 410 g/mol. The number of rotatable bonds is 5. The Morgan fingerprint density at radius 3 is 2.52 bits per heavy atom. The third-order valence-electron chi connectivity index (χ3n) is 5.79. The van der Waals surface area contributed by atoms with Crippen LogP contribution >= 0.6 is 11.3 Å². The maximum atomic E-state index is 13.8. The first-order valence-electron chi connectivity index (χ1n) is 10.6. The first kappa shape index (κ1) is 20.1. The number of hydrogen-bond acceptors (Lipinski definition) is 4. The Balaban J connectivity index is 1.88. The summed E-state index contributed by atoms with van der Waals surface area (Å²) >= 11 is 1.71. The molecule has 0 N–H and O–H groups in total. The third kappa shape index (κ3) is 3.70. The standard InChI is InChI=1S/C23H30N4OS/c1-14(2)26(17-8-6-7-9-17)23(28)18-12-20(21-11-10-16(5)29-21)25-22-19(18)13-24-27(22)15(3)4/h10-15,17H,6-9H2,1-5H3. The van der Waals surface area contributed by atoms with Crippen LogP contribution in [0.2, 0.25) is 0 Å². The van der Waals surface area contributed by atoms with Crippen LogP contribution in [0.1, 0.15) is 74.7 Å². The minimum Gasteiger partial charge on any atom is -0.333 e. The van der Waals surface area contributed by atoms with Crippen LogP contribution in [0.25, 0.3) is 21.6 Å². The van der Waals surface area contributed by atoms with Gasteiger partial charge in [0.2, 0.25) is 0 Å². The number of pyridine rings is 1. The van der Waals surface area contributed by atoms with Gasteiger partial charge in [0.1, 0.15) is 0 Å². The van der Waals surface area contributed by atoms with Crippen molar-refractivity contribution in [3.05, 3.63) is 34.8 Å². The zero-order valence-corrected chi connectivity index (χ0v) is 18.8. The maximum absolute atomic E-state index is 13.8. The van der Waals surface area contributed by atoms with E-state index in [1.54, 1.807) is 11.3 Å². The molecule has 4 rings (SSSR count). The molecule has 0 radical (unpaired) electrons. The molecule has 3 aromatic rings. The van der Waals surface area contributed by atoms with Crippen LogP contribution in [0.3, 0.4) is 0 Å². The SMILES string of the molecule is Cc1ccc(-c2cc(C(=O)N(C(C)C)C3CCCC3)c3cnn(C(C)C)c3n2)s1. The van der Waals surface area contributed by atoms with E-state index in [0.717, 1.165) is 40.0 Å². The Hall–Kier alpha value is -2.21. The molecule has 0 atom stereocenters. The van der Waals surface area contributed by atoms with E-state index in [0.29, 0.717) is 6.04 Å². The molecule has 0 spiro atoms. The minimum absolute atomic E-state index is 0.108. The molecule has 3 heterocycles. The normalized spacial score (nSPS) is 15.1. The molecule has 29 heavy (non-hydrogen) atoms. The van der Waals surface area contributed by atoms with Gasteiger partial charge in [-0.3, -0.25) is 4.79 Å². The average Bonchev–Trinajstić information content (AvgIpc) is 3.40. The van der Waals surface area contributed by atoms with E-state index in [-0.39, 0.29) is 18.0 Å². The van der Waals surface area contributed by atoms with Crippen molar-refractivity contribution in [1.29, 1.82) is 0 Å². The summed E-state index contributed by atoms with van der Waals surface area (Å²) in [5.74, 6) is 0.108. The van der Waals surface area contributed by atoms with Crippen LogP contribution in [-0.2, 0) is 0 Å². The van der Waals surface area contributed by atoms with E-state index < -0.39 is 0 Å². The summed E-state index contributed by atoms with van der Waals surface area (Å²) in [5, 5.41) is 5.42. The van der Waals surface area contributed by atoms with E-state index in [1.807, 2.05) is 16.9 Å². The smallest absolute Gasteiger partial charge is 0.255 e. The van der Waals surface area contributed by atoms with Gasteiger partial charge in [0.05, 0.1) is 27.7 Å². The first-order chi connectivity index (χ1) is 13.9. The van der Waals surface area contributed by atoms with Crippen molar-refractivity contribution in [3.63, 3.8) is 0 Å². The summed E-state index contributed by atoms with van der Waals surface area (Å²) in [6, 6.07) is 6.85. The molecule has 6 heteroatoms. The lowest BCUT2D eigenvalue weighted by Gasteiger charge is -2.33. The number of carbonyl (C=O) groups excluding carboxylic acids is 1. The van der Waals surface area contributed by atoms with Gasteiger partial charge in [0.25, 0.3) is 5.91 Å². The number of fused-ring (bicyclic) bond motifs is 1. The topological polar surface area (TPSA) is 51.0 Å². The van der Waals surface area contributed by atoms with Crippen molar-refractivity contribution in [3.8, 4) is 10.6 Å². The maximum Gasteiger partial charge on any atom is 0.255 e. The number of aromatic nitrogens is 3. The zero-order chi connectivity index (χ0) is 20.7. The lowest BCUT2D eigenvalue weighted by molar-refractivity contribution is 0.0615. The molecule has 1 fully saturated rings. The van der Waals surface area contributed by atoms with Crippen LogP contribution in [0, 0.1) is 6.92 Å². The Morgan fingerprint density at radius 2 is 1.93 bits per heavy atom. The molecule has 1 amide bonds. The molecule has 1 aliphatic carbocycles. The molecule has 5 nitrogen and oxygen atoms in total. The molecule has 3 aromatic heterocycles. The lowest BCUT2D eigenvalue weighted by atomic mass is 10.1. The van der Waals surface area contributed by atoms with Crippen molar-refractivity contribution >= 4 is 28.3 Å². The second-order valence-electron chi connectivity index (χ2n) is 8.63. The predicted molar refractivity (Wildman–Crippen MR) is 120 cm³/mol. The Labute approximate surface area is 176 Å². The molecule has 154 valence electrons. The molecule has 0 saturated heterocycles. The second kappa shape index (κ2) is 7.90. The number of aryl methyl sites for hydroxylation is 1. The van der Waals surface area contributed by atoms with Crippen molar-refractivity contribution in [1.82, 2.24) is 19.7 Å². The quantitative estimate of drug-likeness (QED) is 0.531. The fraction of sp³-hybridized carbons (Fsp3) is 0.522. The summed E-state index contributed by atoms with van der Waals surface area (Å²) in [6.07, 6.45) is 6.42. The summed E-state index contributed by atoms with van der Waals surface area (Å²) in [6.45, 7) is 10.5. The lowest BCUT2D eigenvalue weighted by Crippen LogP contribution is -2.43. The Morgan fingerprint density at radius 1 is 1.21 bits per heavy atom. The van der Waals surface area contributed by atoms with Crippen LogP contribution in [0.4, 0.5) is 0 Å². The summed E-state index contributed by atoms with van der Waals surface area (Å²) in [5.41, 5.74) is 2.38. The highest BCUT2D eigenvalue weighted by Crippen LogP contribution is 2.33. The molecule has 0 unspecified atom stereocenters. The van der Waals surface area contributed by atoms with Gasteiger partial charge in [-0.1, -0.05) is 12.8 Å². The number of amides is 1. The predicted octanol–water partition coefficient (Wildman–Crippen LogP) is 5.84. The van der Waals surface area contributed by atoms with Crippen LogP contribution < -0.4 is 0 Å². The fourth-order valence-electron chi connectivity index (χ4n) is 4.41. The van der Waals surface area contributed by atoms with Gasteiger partial charge in [-0.25, -0.2) is 9.67 Å². The molecule has 0 bridgehead atoms. The van der Waals surface area contributed by atoms with Gasteiger partial charge >= 0.3 is 0 Å². The molecule has 1 aliphatic rings. The molecule has 0 aromatic carbocycles. The third-order valence-corrected chi connectivity index (χ3v) is 6.81. The molecular weight excluding hydrogens is 380 g/mol. The zero-order valence-electron chi connectivity index (χ0n) is 18.0.